The van der Waals surface area contributed by atoms with Crippen LogP contribution in [0.2, 0.25) is 10.0 Å². The molecule has 1 aliphatic heterocycles. The van der Waals surface area contributed by atoms with E-state index in [1.807, 2.05) is 0 Å². The van der Waals surface area contributed by atoms with Crippen LogP contribution in [0.5, 0.6) is 0 Å². The molecular weight excluding hydrogens is 401 g/mol. The quantitative estimate of drug-likeness (QED) is 0.576. The number of rotatable bonds is 5. The molecule has 0 unspecified atom stereocenters. The molecule has 0 aliphatic carbocycles. The Balaban J connectivity index is 1.69. The Morgan fingerprint density at radius 1 is 1.35 bits per heavy atom. The molecule has 10 heteroatoms. The van der Waals surface area contributed by atoms with Crippen molar-refractivity contribution in [2.45, 2.75) is 11.7 Å². The predicted octanol–water partition coefficient (Wildman–Crippen LogP) is 3.65. The molecule has 0 saturated carbocycles. The fourth-order valence-electron chi connectivity index (χ4n) is 2.14. The molecule has 26 heavy (non-hydrogen) atoms. The summed E-state index contributed by atoms with van der Waals surface area (Å²) in [7, 11) is 0. The van der Waals surface area contributed by atoms with Gasteiger partial charge in [-0.25, -0.2) is 0 Å². The number of hydrogen-bond acceptors (Lipinski definition) is 6. The van der Waals surface area contributed by atoms with Crippen LogP contribution in [0.25, 0.3) is 11.3 Å². The molecule has 3 rings (SSSR count). The number of carboxylic acids is 1. The largest absolute Gasteiger partial charge is 0.481 e. The predicted molar refractivity (Wildman–Crippen MR) is 101 cm³/mol. The Kier molecular flexibility index (Phi) is 5.65. The van der Waals surface area contributed by atoms with Crippen LogP contribution in [0.4, 0.5) is 0 Å². The van der Waals surface area contributed by atoms with Gasteiger partial charge in [-0.3, -0.25) is 9.59 Å². The van der Waals surface area contributed by atoms with E-state index in [0.29, 0.717) is 27.1 Å². The zero-order chi connectivity index (χ0) is 18.7. The van der Waals surface area contributed by atoms with Gasteiger partial charge in [0.25, 0.3) is 0 Å². The molecule has 1 aromatic heterocycles. The number of amides is 1. The molecule has 134 valence electrons. The first-order chi connectivity index (χ1) is 12.4. The summed E-state index contributed by atoms with van der Waals surface area (Å²) < 4.78 is 5.63. The number of nitrogens with zero attached hydrogens (tertiary/aromatic N) is 2. The number of benzene rings is 1. The van der Waals surface area contributed by atoms with Crippen LogP contribution in [-0.4, -0.2) is 33.6 Å². The van der Waals surface area contributed by atoms with Gasteiger partial charge in [0.2, 0.25) is 5.91 Å². The van der Waals surface area contributed by atoms with E-state index < -0.39 is 17.1 Å². The van der Waals surface area contributed by atoms with E-state index in [9.17, 15) is 9.59 Å². The summed E-state index contributed by atoms with van der Waals surface area (Å²) in [6.45, 7) is 0. The van der Waals surface area contributed by atoms with Gasteiger partial charge < -0.3 is 14.8 Å². The first-order valence-electron chi connectivity index (χ1n) is 7.28. The molecule has 1 aliphatic rings. The van der Waals surface area contributed by atoms with Crippen molar-refractivity contribution < 1.29 is 19.1 Å². The fraction of sp³-hybridized carbons (Fsp3) is 0.125. The van der Waals surface area contributed by atoms with Gasteiger partial charge >= 0.3 is 5.97 Å². The van der Waals surface area contributed by atoms with E-state index >= 15 is 0 Å². The first-order valence-corrected chi connectivity index (χ1v) is 8.91. The van der Waals surface area contributed by atoms with E-state index in [2.05, 4.69) is 15.5 Å². The smallest absolute Gasteiger partial charge is 0.305 e. The maximum Gasteiger partial charge on any atom is 0.305 e. The highest BCUT2D eigenvalue weighted by Crippen LogP contribution is 2.31. The Morgan fingerprint density at radius 3 is 2.92 bits per heavy atom. The van der Waals surface area contributed by atoms with Crippen LogP contribution in [0.15, 0.2) is 45.0 Å². The highest BCUT2D eigenvalue weighted by atomic mass is 35.5. The zero-order valence-electron chi connectivity index (χ0n) is 13.0. The van der Waals surface area contributed by atoms with Crippen molar-refractivity contribution in [2.24, 2.45) is 10.2 Å². The van der Waals surface area contributed by atoms with E-state index in [1.54, 1.807) is 30.3 Å². The summed E-state index contributed by atoms with van der Waals surface area (Å²) in [4.78, 5) is 22.3. The number of halogens is 2. The number of carbonyl (C=O) groups is 2. The molecule has 1 saturated heterocycles. The van der Waals surface area contributed by atoms with Crippen LogP contribution in [0, 0.1) is 0 Å². The average molecular weight is 412 g/mol. The van der Waals surface area contributed by atoms with Crippen LogP contribution < -0.4 is 5.32 Å². The van der Waals surface area contributed by atoms with Gasteiger partial charge in [0.05, 0.1) is 17.7 Å². The Labute approximate surface area is 162 Å². The van der Waals surface area contributed by atoms with Crippen molar-refractivity contribution in [1.29, 1.82) is 0 Å². The summed E-state index contributed by atoms with van der Waals surface area (Å²) in [6.07, 6.45) is 1.09. The number of carbonyl (C=O) groups excluding carboxylic acids is 1. The molecular formula is C16H11Cl2N3O4S. The van der Waals surface area contributed by atoms with Crippen molar-refractivity contribution in [2.75, 3.05) is 0 Å². The third kappa shape index (κ3) is 4.46. The summed E-state index contributed by atoms with van der Waals surface area (Å²) in [5, 5.41) is 19.5. The van der Waals surface area contributed by atoms with Crippen molar-refractivity contribution in [3.8, 4) is 11.3 Å². The van der Waals surface area contributed by atoms with Crippen molar-refractivity contribution >= 4 is 58.2 Å². The summed E-state index contributed by atoms with van der Waals surface area (Å²) in [5.74, 6) is -0.499. The van der Waals surface area contributed by atoms with E-state index in [1.165, 1.54) is 6.21 Å². The molecule has 1 aromatic carbocycles. The summed E-state index contributed by atoms with van der Waals surface area (Å²) in [5.41, 5.74) is 0.653. The maximum atomic E-state index is 11.6. The third-order valence-corrected chi connectivity index (χ3v) is 4.93. The van der Waals surface area contributed by atoms with E-state index in [4.69, 9.17) is 32.7 Å². The standard InChI is InChI=1S/C16H11Cl2N3O4S/c17-8-1-3-11(18)10(5-8)12-4-2-9(25-12)7-19-21-16-20-15(24)13(26-16)6-14(22)23/h1-5,7,13H,6H2,(H,22,23)(H,20,21,24)/b19-7-/t13-/m1/s1. The zero-order valence-corrected chi connectivity index (χ0v) is 15.3. The monoisotopic (exact) mass is 411 g/mol. The van der Waals surface area contributed by atoms with Crippen LogP contribution >= 0.6 is 35.0 Å². The lowest BCUT2D eigenvalue weighted by Gasteiger charge is -2.00. The molecule has 2 aromatic rings. The number of nitrogens with one attached hydrogen (secondary N) is 1. The normalized spacial score (nSPS) is 18.6. The van der Waals surface area contributed by atoms with E-state index in [-0.39, 0.29) is 11.6 Å². The highest BCUT2D eigenvalue weighted by Gasteiger charge is 2.32. The molecule has 0 spiro atoms. The van der Waals surface area contributed by atoms with Crippen LogP contribution in [0.1, 0.15) is 12.2 Å². The Bertz CT molecular complexity index is 926. The van der Waals surface area contributed by atoms with Gasteiger partial charge in [0, 0.05) is 10.6 Å². The van der Waals surface area contributed by atoms with Gasteiger partial charge in [0.1, 0.15) is 16.8 Å². The fourth-order valence-corrected chi connectivity index (χ4v) is 3.43. The van der Waals surface area contributed by atoms with Gasteiger partial charge in [0.15, 0.2) is 5.17 Å². The second-order valence-corrected chi connectivity index (χ2v) is 7.20. The minimum atomic E-state index is -1.05. The summed E-state index contributed by atoms with van der Waals surface area (Å²) >= 11 is 13.1. The minimum absolute atomic E-state index is 0.238. The topological polar surface area (TPSA) is 104 Å². The van der Waals surface area contributed by atoms with Gasteiger partial charge in [-0.05, 0) is 30.3 Å². The molecule has 1 amide bonds. The molecule has 1 atom stereocenters. The number of furan rings is 1. The second-order valence-electron chi connectivity index (χ2n) is 5.17. The first kappa shape index (κ1) is 18.5. The van der Waals surface area contributed by atoms with Crippen molar-refractivity contribution in [3.05, 3.63) is 46.1 Å². The lowest BCUT2D eigenvalue weighted by Crippen LogP contribution is -2.26. The van der Waals surface area contributed by atoms with Gasteiger partial charge in [-0.2, -0.15) is 5.10 Å². The Hall–Kier alpha value is -2.29. The Morgan fingerprint density at radius 2 is 2.15 bits per heavy atom. The SMILES string of the molecule is O=C(O)C[C@H]1S/C(=N\N=C/c2ccc(-c3cc(Cl)ccc3Cl)o2)NC1=O. The molecule has 0 radical (unpaired) electrons. The molecule has 0 bridgehead atoms. The number of aliphatic carboxylic acids is 1. The van der Waals surface area contributed by atoms with Crippen molar-refractivity contribution in [3.63, 3.8) is 0 Å². The second kappa shape index (κ2) is 7.94. The minimum Gasteiger partial charge on any atom is -0.481 e. The van der Waals surface area contributed by atoms with E-state index in [0.717, 1.165) is 11.8 Å². The molecule has 7 nitrogen and oxygen atoms in total. The highest BCUT2D eigenvalue weighted by molar-refractivity contribution is 8.15. The lowest BCUT2D eigenvalue weighted by molar-refractivity contribution is -0.138. The van der Waals surface area contributed by atoms with Crippen molar-refractivity contribution in [1.82, 2.24) is 5.32 Å². The number of hydrogen-bond donors (Lipinski definition) is 2. The van der Waals surface area contributed by atoms with Crippen LogP contribution in [0.3, 0.4) is 0 Å². The average Bonchev–Trinajstić information content (AvgIpc) is 3.17. The lowest BCUT2D eigenvalue weighted by atomic mass is 10.2. The summed E-state index contributed by atoms with van der Waals surface area (Å²) in [6, 6.07) is 8.46. The van der Waals surface area contributed by atoms with Gasteiger partial charge in [-0.1, -0.05) is 35.0 Å². The van der Waals surface area contributed by atoms with Crippen LogP contribution in [-0.2, 0) is 9.59 Å². The number of carboxylic acid groups (broad SMARTS) is 1. The number of amidine groups is 1. The number of thioether (sulfide) groups is 1. The van der Waals surface area contributed by atoms with Gasteiger partial charge in [-0.15, -0.1) is 5.10 Å². The third-order valence-electron chi connectivity index (χ3n) is 3.29. The maximum absolute atomic E-state index is 11.6. The molecule has 2 N–H and O–H groups in total. The molecule has 1 fully saturated rings. The molecule has 2 heterocycles.